The summed E-state index contributed by atoms with van der Waals surface area (Å²) in [6.45, 7) is 2.01. The predicted molar refractivity (Wildman–Crippen MR) is 115 cm³/mol. The van der Waals surface area contributed by atoms with Gasteiger partial charge in [-0.2, -0.15) is 0 Å². The van der Waals surface area contributed by atoms with E-state index in [0.29, 0.717) is 33.7 Å². The van der Waals surface area contributed by atoms with E-state index in [9.17, 15) is 4.79 Å². The molecular weight excluding hydrogens is 395 g/mol. The molecule has 1 aliphatic carbocycles. The lowest BCUT2D eigenvalue weighted by Gasteiger charge is -2.17. The highest BCUT2D eigenvalue weighted by atomic mass is 35.5. The third-order valence-corrected chi connectivity index (χ3v) is 5.19. The smallest absolute Gasteiger partial charge is 0.255 e. The fourth-order valence-electron chi connectivity index (χ4n) is 3.05. The van der Waals surface area contributed by atoms with Gasteiger partial charge in [-0.3, -0.25) is 4.79 Å². The van der Waals surface area contributed by atoms with Crippen LogP contribution in [0.1, 0.15) is 12.0 Å². The second kappa shape index (κ2) is 7.70. The number of amides is 1. The molecule has 5 nitrogen and oxygen atoms in total. The third kappa shape index (κ3) is 3.91. The van der Waals surface area contributed by atoms with Crippen molar-refractivity contribution >= 4 is 46.4 Å². The van der Waals surface area contributed by atoms with Crippen LogP contribution in [0.15, 0.2) is 70.9 Å². The second-order valence-corrected chi connectivity index (χ2v) is 7.48. The largest absolute Gasteiger partial charge is 0.347 e. The highest BCUT2D eigenvalue weighted by molar-refractivity contribution is 6.39. The number of carbonyl (C=O) groups is 1. The van der Waals surface area contributed by atoms with Crippen molar-refractivity contribution in [3.63, 3.8) is 0 Å². The molecule has 1 aliphatic heterocycles. The molecule has 2 aromatic carbocycles. The van der Waals surface area contributed by atoms with Crippen molar-refractivity contribution in [3.8, 4) is 0 Å². The van der Waals surface area contributed by atoms with Gasteiger partial charge in [0.2, 0.25) is 5.96 Å². The van der Waals surface area contributed by atoms with Gasteiger partial charge in [-0.1, -0.05) is 53.0 Å². The van der Waals surface area contributed by atoms with E-state index in [1.165, 1.54) is 0 Å². The highest BCUT2D eigenvalue weighted by Crippen LogP contribution is 2.31. The minimum atomic E-state index is -0.152. The lowest BCUT2D eigenvalue weighted by molar-refractivity contribution is -0.112. The number of para-hydroxylation sites is 1. The maximum Gasteiger partial charge on any atom is 0.255 e. The number of carbonyl (C=O) groups excluding carboxylic acids is 1. The van der Waals surface area contributed by atoms with E-state index in [2.05, 4.69) is 20.9 Å². The predicted octanol–water partition coefficient (Wildman–Crippen LogP) is 4.89. The Bertz CT molecular complexity index is 1000. The van der Waals surface area contributed by atoms with E-state index in [-0.39, 0.29) is 11.9 Å². The normalized spacial score (nSPS) is 17.7. The Hall–Kier alpha value is -2.76. The molecule has 0 saturated heterocycles. The zero-order valence-electron chi connectivity index (χ0n) is 15.1. The van der Waals surface area contributed by atoms with E-state index in [0.717, 1.165) is 16.9 Å². The monoisotopic (exact) mass is 412 g/mol. The van der Waals surface area contributed by atoms with Crippen LogP contribution in [0.5, 0.6) is 0 Å². The first-order valence-corrected chi connectivity index (χ1v) is 9.61. The van der Waals surface area contributed by atoms with Crippen molar-refractivity contribution < 1.29 is 4.79 Å². The van der Waals surface area contributed by atoms with Crippen molar-refractivity contribution in [1.29, 1.82) is 0 Å². The van der Waals surface area contributed by atoms with Crippen molar-refractivity contribution in [2.24, 2.45) is 4.99 Å². The zero-order chi connectivity index (χ0) is 19.7. The summed E-state index contributed by atoms with van der Waals surface area (Å²) in [5.41, 5.74) is 3.89. The van der Waals surface area contributed by atoms with E-state index in [1.807, 2.05) is 37.3 Å². The van der Waals surface area contributed by atoms with Gasteiger partial charge < -0.3 is 16.0 Å². The molecule has 0 fully saturated rings. The molecule has 4 rings (SSSR count). The molecule has 1 amide bonds. The van der Waals surface area contributed by atoms with Crippen LogP contribution in [0.4, 0.5) is 11.4 Å². The topological polar surface area (TPSA) is 65.5 Å². The van der Waals surface area contributed by atoms with Gasteiger partial charge in [-0.05, 0) is 43.7 Å². The summed E-state index contributed by atoms with van der Waals surface area (Å²) in [4.78, 5) is 17.1. The summed E-state index contributed by atoms with van der Waals surface area (Å²) in [7, 11) is 0. The van der Waals surface area contributed by atoms with Crippen LogP contribution < -0.4 is 16.0 Å². The number of aryl methyl sites for hydroxylation is 1. The van der Waals surface area contributed by atoms with Gasteiger partial charge in [0, 0.05) is 11.3 Å². The highest BCUT2D eigenvalue weighted by Gasteiger charge is 2.27. The minimum absolute atomic E-state index is 0.0136. The molecule has 1 unspecified atom stereocenters. The van der Waals surface area contributed by atoms with Crippen molar-refractivity contribution in [2.45, 2.75) is 19.4 Å². The number of nitrogens with one attached hydrogen (secondary N) is 3. The van der Waals surface area contributed by atoms with Crippen molar-refractivity contribution in [1.82, 2.24) is 5.32 Å². The SMILES string of the molecule is Cc1ccc(NC(=O)C2=CCC3NC(Nc4c(Cl)cccc4Cl)=NC3=C2)cc1. The number of halogens is 2. The van der Waals surface area contributed by atoms with Gasteiger partial charge in [0.15, 0.2) is 0 Å². The van der Waals surface area contributed by atoms with Crippen LogP contribution in [0.2, 0.25) is 10.0 Å². The lowest BCUT2D eigenvalue weighted by Crippen LogP contribution is -2.34. The number of aliphatic imine (C=N–C) groups is 1. The number of benzene rings is 2. The quantitative estimate of drug-likeness (QED) is 0.671. The van der Waals surface area contributed by atoms with Crippen LogP contribution in [-0.4, -0.2) is 17.9 Å². The summed E-state index contributed by atoms with van der Waals surface area (Å²) in [5.74, 6) is 0.403. The molecule has 0 spiro atoms. The fraction of sp³-hybridized carbons (Fsp3) is 0.143. The maximum absolute atomic E-state index is 12.6. The number of fused-ring (bicyclic) bond motifs is 1. The van der Waals surface area contributed by atoms with Gasteiger partial charge >= 0.3 is 0 Å². The van der Waals surface area contributed by atoms with Gasteiger partial charge in [0.1, 0.15) is 0 Å². The van der Waals surface area contributed by atoms with Crippen LogP contribution in [0.3, 0.4) is 0 Å². The maximum atomic E-state index is 12.6. The molecule has 1 heterocycles. The average molecular weight is 413 g/mol. The Morgan fingerprint density at radius 1 is 1.14 bits per heavy atom. The third-order valence-electron chi connectivity index (χ3n) is 4.56. The van der Waals surface area contributed by atoms with E-state index < -0.39 is 0 Å². The number of rotatable bonds is 3. The number of guanidine groups is 1. The lowest BCUT2D eigenvalue weighted by atomic mass is 10.00. The first-order valence-electron chi connectivity index (χ1n) is 8.85. The average Bonchev–Trinajstić information content (AvgIpc) is 3.08. The number of nitrogens with zero attached hydrogens (tertiary/aromatic N) is 1. The van der Waals surface area contributed by atoms with E-state index in [4.69, 9.17) is 23.2 Å². The van der Waals surface area contributed by atoms with E-state index >= 15 is 0 Å². The number of anilines is 2. The van der Waals surface area contributed by atoms with Gasteiger partial charge in [0.25, 0.3) is 5.91 Å². The van der Waals surface area contributed by atoms with E-state index in [1.54, 1.807) is 24.3 Å². The van der Waals surface area contributed by atoms with Gasteiger partial charge in [-0.25, -0.2) is 4.99 Å². The Kier molecular flexibility index (Phi) is 5.11. The molecule has 2 aliphatic rings. The minimum Gasteiger partial charge on any atom is -0.347 e. The Morgan fingerprint density at radius 3 is 2.57 bits per heavy atom. The van der Waals surface area contributed by atoms with Crippen LogP contribution in [0, 0.1) is 6.92 Å². The molecule has 0 bridgehead atoms. The molecule has 0 saturated carbocycles. The molecule has 0 radical (unpaired) electrons. The number of hydrogen-bond acceptors (Lipinski definition) is 4. The standard InChI is InChI=1S/C21H18Cl2N4O/c1-12-5-8-14(9-6-12)24-20(28)13-7-10-17-18(11-13)26-21(25-17)27-19-15(22)3-2-4-16(19)23/h2-9,11,17H,10H2,1H3,(H,24,28)(H2,25,26,27). The summed E-state index contributed by atoms with van der Waals surface area (Å²) in [5, 5.41) is 10.4. The van der Waals surface area contributed by atoms with Gasteiger partial charge in [0.05, 0.1) is 27.5 Å². The molecular formula is C21H18Cl2N4O. The molecule has 3 N–H and O–H groups in total. The number of hydrogen-bond donors (Lipinski definition) is 3. The van der Waals surface area contributed by atoms with Crippen LogP contribution >= 0.6 is 23.2 Å². The first kappa shape index (κ1) is 18.6. The first-order chi connectivity index (χ1) is 13.5. The zero-order valence-corrected chi connectivity index (χ0v) is 16.6. The molecule has 0 aromatic heterocycles. The Balaban J connectivity index is 1.48. The summed E-state index contributed by atoms with van der Waals surface area (Å²) < 4.78 is 0. The molecule has 142 valence electrons. The van der Waals surface area contributed by atoms with Crippen molar-refractivity contribution in [3.05, 3.63) is 81.5 Å². The molecule has 2 aromatic rings. The van der Waals surface area contributed by atoms with Crippen LogP contribution in [-0.2, 0) is 4.79 Å². The summed E-state index contributed by atoms with van der Waals surface area (Å²) in [6.07, 6.45) is 4.37. The van der Waals surface area contributed by atoms with Crippen molar-refractivity contribution in [2.75, 3.05) is 10.6 Å². The molecule has 7 heteroatoms. The summed E-state index contributed by atoms with van der Waals surface area (Å²) in [6, 6.07) is 13.0. The summed E-state index contributed by atoms with van der Waals surface area (Å²) >= 11 is 12.4. The molecule has 28 heavy (non-hydrogen) atoms. The Labute approximate surface area is 173 Å². The second-order valence-electron chi connectivity index (χ2n) is 6.66. The Morgan fingerprint density at radius 2 is 1.86 bits per heavy atom. The van der Waals surface area contributed by atoms with Gasteiger partial charge in [-0.15, -0.1) is 0 Å². The fourth-order valence-corrected chi connectivity index (χ4v) is 3.54. The van der Waals surface area contributed by atoms with Crippen LogP contribution in [0.25, 0.3) is 0 Å². The molecule has 1 atom stereocenters.